The van der Waals surface area contributed by atoms with Gasteiger partial charge in [-0.25, -0.2) is 0 Å². The Morgan fingerprint density at radius 2 is 2.00 bits per heavy atom. The van der Waals surface area contributed by atoms with Crippen LogP contribution in [0.1, 0.15) is 34.1 Å². The van der Waals surface area contributed by atoms with E-state index in [0.29, 0.717) is 6.61 Å². The molecule has 0 aliphatic rings. The van der Waals surface area contributed by atoms with Gasteiger partial charge < -0.3 is 4.74 Å². The third-order valence-electron chi connectivity index (χ3n) is 1.78. The van der Waals surface area contributed by atoms with Crippen molar-refractivity contribution in [2.45, 2.75) is 40.2 Å². The lowest BCUT2D eigenvalue weighted by molar-refractivity contribution is -0.104. The second-order valence-electron chi connectivity index (χ2n) is 3.59. The summed E-state index contributed by atoms with van der Waals surface area (Å²) in [5, 5.41) is 0. The summed E-state index contributed by atoms with van der Waals surface area (Å²) in [7, 11) is 0. The molecule has 0 saturated heterocycles. The van der Waals surface area contributed by atoms with Crippen molar-refractivity contribution in [1.82, 2.24) is 0 Å². The van der Waals surface area contributed by atoms with Gasteiger partial charge in [0.1, 0.15) is 6.29 Å². The minimum atomic E-state index is 0.0983. The molecule has 0 spiro atoms. The molecule has 0 radical (unpaired) electrons. The second-order valence-corrected chi connectivity index (χ2v) is 3.59. The van der Waals surface area contributed by atoms with Crippen molar-refractivity contribution < 1.29 is 9.53 Å². The third-order valence-corrected chi connectivity index (χ3v) is 1.78. The fraction of sp³-hybridized carbons (Fsp3) is 0.583. The first-order chi connectivity index (χ1) is 6.60. The lowest BCUT2D eigenvalue weighted by Crippen LogP contribution is -2.10. The fourth-order valence-corrected chi connectivity index (χ4v) is 1.25. The number of ether oxygens (including phenoxy) is 1. The summed E-state index contributed by atoms with van der Waals surface area (Å²) in [6, 6.07) is 0. The number of aldehydes is 1. The van der Waals surface area contributed by atoms with Crippen LogP contribution in [-0.4, -0.2) is 19.0 Å². The zero-order chi connectivity index (χ0) is 11.0. The van der Waals surface area contributed by atoms with Crippen LogP contribution in [0.2, 0.25) is 0 Å². The second kappa shape index (κ2) is 7.51. The maximum Gasteiger partial charge on any atom is 0.142 e. The predicted molar refractivity (Wildman–Crippen MR) is 59.3 cm³/mol. The molecule has 0 aromatic rings. The Kier molecular flexibility index (Phi) is 7.03. The first kappa shape index (κ1) is 13.1. The molecule has 14 heavy (non-hydrogen) atoms. The molecule has 2 nitrogen and oxygen atoms in total. The summed E-state index contributed by atoms with van der Waals surface area (Å²) in [6.45, 7) is 8.71. The van der Waals surface area contributed by atoms with Gasteiger partial charge in [0.05, 0.1) is 6.10 Å². The van der Waals surface area contributed by atoms with Gasteiger partial charge in [0, 0.05) is 6.61 Å². The molecule has 1 unspecified atom stereocenters. The van der Waals surface area contributed by atoms with E-state index in [1.54, 1.807) is 6.08 Å². The van der Waals surface area contributed by atoms with Gasteiger partial charge in [0.15, 0.2) is 0 Å². The average molecular weight is 196 g/mol. The van der Waals surface area contributed by atoms with E-state index in [1.165, 1.54) is 5.57 Å². The minimum absolute atomic E-state index is 0.0983. The van der Waals surface area contributed by atoms with Crippen LogP contribution in [-0.2, 0) is 9.53 Å². The van der Waals surface area contributed by atoms with E-state index >= 15 is 0 Å². The molecule has 0 aromatic heterocycles. The monoisotopic (exact) mass is 196 g/mol. The molecular formula is C12H20O2. The van der Waals surface area contributed by atoms with Crippen molar-refractivity contribution in [3.63, 3.8) is 0 Å². The maximum atomic E-state index is 10.2. The van der Waals surface area contributed by atoms with Crippen molar-refractivity contribution in [2.75, 3.05) is 6.61 Å². The summed E-state index contributed by atoms with van der Waals surface area (Å²) in [4.78, 5) is 10.2. The third kappa shape index (κ3) is 6.61. The van der Waals surface area contributed by atoms with Gasteiger partial charge in [-0.3, -0.25) is 4.79 Å². The Morgan fingerprint density at radius 1 is 1.36 bits per heavy atom. The standard InChI is InChI=1S/C12H20O2/c1-5-14-12(8-10(2)3)9-11(4)6-7-13/h6-8,12H,5,9H2,1-4H3. The number of hydrogen-bond acceptors (Lipinski definition) is 2. The predicted octanol–water partition coefficient (Wildman–Crippen LogP) is 2.89. The highest BCUT2D eigenvalue weighted by Crippen LogP contribution is 2.10. The molecule has 0 rings (SSSR count). The first-order valence-electron chi connectivity index (χ1n) is 4.97. The van der Waals surface area contributed by atoms with E-state index in [-0.39, 0.29) is 6.10 Å². The lowest BCUT2D eigenvalue weighted by Gasteiger charge is -2.13. The van der Waals surface area contributed by atoms with E-state index in [9.17, 15) is 4.79 Å². The van der Waals surface area contributed by atoms with Crippen LogP contribution in [0.5, 0.6) is 0 Å². The molecule has 0 saturated carbocycles. The van der Waals surface area contributed by atoms with Crippen LogP contribution in [0, 0.1) is 0 Å². The lowest BCUT2D eigenvalue weighted by atomic mass is 10.1. The first-order valence-corrected chi connectivity index (χ1v) is 4.97. The minimum Gasteiger partial charge on any atom is -0.374 e. The zero-order valence-corrected chi connectivity index (χ0v) is 9.54. The molecule has 1 atom stereocenters. The van der Waals surface area contributed by atoms with E-state index < -0.39 is 0 Å². The molecule has 0 N–H and O–H groups in total. The molecule has 0 amide bonds. The Labute approximate surface area is 86.6 Å². The van der Waals surface area contributed by atoms with Crippen LogP contribution in [0.4, 0.5) is 0 Å². The van der Waals surface area contributed by atoms with E-state index in [1.807, 2.05) is 27.7 Å². The van der Waals surface area contributed by atoms with Gasteiger partial charge >= 0.3 is 0 Å². The summed E-state index contributed by atoms with van der Waals surface area (Å²) in [5.41, 5.74) is 2.29. The summed E-state index contributed by atoms with van der Waals surface area (Å²) < 4.78 is 5.54. The Hall–Kier alpha value is -0.890. The molecule has 0 heterocycles. The highest BCUT2D eigenvalue weighted by Gasteiger charge is 2.05. The largest absolute Gasteiger partial charge is 0.374 e. The molecule has 80 valence electrons. The smallest absolute Gasteiger partial charge is 0.142 e. The Morgan fingerprint density at radius 3 is 2.43 bits per heavy atom. The van der Waals surface area contributed by atoms with Crippen molar-refractivity contribution in [1.29, 1.82) is 0 Å². The van der Waals surface area contributed by atoms with Crippen molar-refractivity contribution in [2.24, 2.45) is 0 Å². The molecule has 2 heteroatoms. The highest BCUT2D eigenvalue weighted by molar-refractivity contribution is 5.65. The van der Waals surface area contributed by atoms with Gasteiger partial charge in [0.2, 0.25) is 0 Å². The normalized spacial score (nSPS) is 13.6. The van der Waals surface area contributed by atoms with Gasteiger partial charge in [0.25, 0.3) is 0 Å². The van der Waals surface area contributed by atoms with Crippen molar-refractivity contribution in [3.8, 4) is 0 Å². The summed E-state index contributed by atoms with van der Waals surface area (Å²) >= 11 is 0. The quantitative estimate of drug-likeness (QED) is 0.371. The van der Waals surface area contributed by atoms with Gasteiger partial charge in [-0.2, -0.15) is 0 Å². The van der Waals surface area contributed by atoms with Gasteiger partial charge in [-0.05, 0) is 40.2 Å². The molecule has 0 bridgehead atoms. The maximum absolute atomic E-state index is 10.2. The van der Waals surface area contributed by atoms with Crippen LogP contribution < -0.4 is 0 Å². The van der Waals surface area contributed by atoms with Crippen LogP contribution >= 0.6 is 0 Å². The van der Waals surface area contributed by atoms with Crippen LogP contribution in [0.3, 0.4) is 0 Å². The zero-order valence-electron chi connectivity index (χ0n) is 9.54. The van der Waals surface area contributed by atoms with Crippen LogP contribution in [0.25, 0.3) is 0 Å². The van der Waals surface area contributed by atoms with Crippen molar-refractivity contribution in [3.05, 3.63) is 23.3 Å². The Balaban J connectivity index is 4.29. The molecule has 0 aromatic carbocycles. The summed E-state index contributed by atoms with van der Waals surface area (Å²) in [6.07, 6.45) is 5.39. The summed E-state index contributed by atoms with van der Waals surface area (Å²) in [5.74, 6) is 0. The van der Waals surface area contributed by atoms with E-state index in [2.05, 4.69) is 6.08 Å². The highest BCUT2D eigenvalue weighted by atomic mass is 16.5. The van der Waals surface area contributed by atoms with Gasteiger partial charge in [-0.15, -0.1) is 0 Å². The topological polar surface area (TPSA) is 26.3 Å². The number of hydrogen-bond donors (Lipinski definition) is 0. The fourth-order valence-electron chi connectivity index (χ4n) is 1.25. The van der Waals surface area contributed by atoms with E-state index in [4.69, 9.17) is 4.74 Å². The number of carbonyl (C=O) groups is 1. The van der Waals surface area contributed by atoms with Crippen LogP contribution in [0.15, 0.2) is 23.3 Å². The molecule has 0 aliphatic carbocycles. The Bertz CT molecular complexity index is 222. The number of carbonyl (C=O) groups excluding carboxylic acids is 1. The van der Waals surface area contributed by atoms with Crippen molar-refractivity contribution >= 4 is 6.29 Å². The van der Waals surface area contributed by atoms with Gasteiger partial charge in [-0.1, -0.05) is 17.2 Å². The molecule has 0 fully saturated rings. The molecular weight excluding hydrogens is 176 g/mol. The van der Waals surface area contributed by atoms with E-state index in [0.717, 1.165) is 18.3 Å². The number of allylic oxidation sites excluding steroid dienone is 2. The SMILES string of the molecule is CCOC(C=C(C)C)CC(C)=CC=O. The number of rotatable bonds is 6. The average Bonchev–Trinajstić information content (AvgIpc) is 2.03. The molecule has 0 aliphatic heterocycles.